The van der Waals surface area contributed by atoms with Crippen LogP contribution in [-0.4, -0.2) is 29.7 Å². The highest BCUT2D eigenvalue weighted by Gasteiger charge is 2.07. The van der Waals surface area contributed by atoms with Crippen LogP contribution in [0.5, 0.6) is 0 Å². The zero-order chi connectivity index (χ0) is 12.3. The predicted molar refractivity (Wildman–Crippen MR) is 74.5 cm³/mol. The molecule has 1 aromatic heterocycles. The molecule has 2 rings (SSSR count). The molecule has 92 valence electrons. The van der Waals surface area contributed by atoms with E-state index in [9.17, 15) is 5.11 Å². The second-order valence-corrected chi connectivity index (χ2v) is 5.54. The van der Waals surface area contributed by atoms with Crippen molar-refractivity contribution in [3.05, 3.63) is 35.2 Å². The van der Waals surface area contributed by atoms with E-state index in [2.05, 4.69) is 41.6 Å². The minimum Gasteiger partial charge on any atom is -0.393 e. The lowest BCUT2D eigenvalue weighted by atomic mass is 10.1. The number of nitrogens with zero attached hydrogens (tertiary/aromatic N) is 1. The van der Waals surface area contributed by atoms with Gasteiger partial charge in [0.15, 0.2) is 0 Å². The van der Waals surface area contributed by atoms with Gasteiger partial charge in [0.25, 0.3) is 0 Å². The van der Waals surface area contributed by atoms with Gasteiger partial charge in [0.2, 0.25) is 0 Å². The summed E-state index contributed by atoms with van der Waals surface area (Å²) in [5, 5.41) is 12.9. The van der Waals surface area contributed by atoms with Crippen molar-refractivity contribution in [2.45, 2.75) is 26.0 Å². The molecule has 17 heavy (non-hydrogen) atoms. The zero-order valence-electron chi connectivity index (χ0n) is 10.4. The van der Waals surface area contributed by atoms with E-state index in [0.29, 0.717) is 0 Å². The number of hydrogen-bond acceptors (Lipinski definition) is 3. The molecule has 1 unspecified atom stereocenters. The van der Waals surface area contributed by atoms with Crippen LogP contribution in [0.25, 0.3) is 10.1 Å². The van der Waals surface area contributed by atoms with Gasteiger partial charge in [0.1, 0.15) is 0 Å². The lowest BCUT2D eigenvalue weighted by Gasteiger charge is -2.17. The van der Waals surface area contributed by atoms with Gasteiger partial charge in [-0.1, -0.05) is 18.2 Å². The van der Waals surface area contributed by atoms with Gasteiger partial charge in [-0.3, -0.25) is 0 Å². The van der Waals surface area contributed by atoms with Crippen molar-refractivity contribution in [2.75, 3.05) is 13.6 Å². The van der Waals surface area contributed by atoms with E-state index in [1.54, 1.807) is 11.3 Å². The normalized spacial score (nSPS) is 13.4. The van der Waals surface area contributed by atoms with Crippen LogP contribution in [0, 0.1) is 0 Å². The molecule has 2 nitrogen and oxygen atoms in total. The van der Waals surface area contributed by atoms with Gasteiger partial charge in [-0.2, -0.15) is 0 Å². The minimum absolute atomic E-state index is 0.211. The quantitative estimate of drug-likeness (QED) is 0.880. The van der Waals surface area contributed by atoms with Crippen LogP contribution in [-0.2, 0) is 6.54 Å². The SMILES string of the molecule is CC(O)CCN(C)Cc1csc2ccccc12. The molecule has 0 aliphatic rings. The summed E-state index contributed by atoms with van der Waals surface area (Å²) < 4.78 is 1.35. The molecule has 3 heteroatoms. The highest BCUT2D eigenvalue weighted by molar-refractivity contribution is 7.17. The maximum Gasteiger partial charge on any atom is 0.0524 e. The number of aliphatic hydroxyl groups is 1. The molecule has 0 aliphatic carbocycles. The summed E-state index contributed by atoms with van der Waals surface area (Å²) in [6.45, 7) is 3.73. The molecule has 1 N–H and O–H groups in total. The van der Waals surface area contributed by atoms with Crippen molar-refractivity contribution < 1.29 is 5.11 Å². The first-order valence-corrected chi connectivity index (χ1v) is 6.86. The van der Waals surface area contributed by atoms with Crippen LogP contribution in [0.15, 0.2) is 29.6 Å². The van der Waals surface area contributed by atoms with Gasteiger partial charge in [-0.25, -0.2) is 0 Å². The van der Waals surface area contributed by atoms with E-state index in [1.807, 2.05) is 6.92 Å². The third kappa shape index (κ3) is 3.28. The lowest BCUT2D eigenvalue weighted by Crippen LogP contribution is -2.21. The van der Waals surface area contributed by atoms with Crippen molar-refractivity contribution in [2.24, 2.45) is 0 Å². The molecular weight excluding hydrogens is 230 g/mol. The van der Waals surface area contributed by atoms with Gasteiger partial charge < -0.3 is 10.0 Å². The molecule has 0 radical (unpaired) electrons. The Balaban J connectivity index is 2.03. The molecule has 0 amide bonds. The smallest absolute Gasteiger partial charge is 0.0524 e. The molecule has 1 heterocycles. The number of benzene rings is 1. The molecule has 2 aromatic rings. The van der Waals surface area contributed by atoms with Crippen LogP contribution in [0.2, 0.25) is 0 Å². The second kappa shape index (κ2) is 5.63. The largest absolute Gasteiger partial charge is 0.393 e. The van der Waals surface area contributed by atoms with E-state index >= 15 is 0 Å². The van der Waals surface area contributed by atoms with Gasteiger partial charge in [-0.05, 0) is 42.8 Å². The average molecular weight is 249 g/mol. The Morgan fingerprint density at radius 1 is 1.35 bits per heavy atom. The maximum absolute atomic E-state index is 9.27. The third-order valence-electron chi connectivity index (χ3n) is 2.93. The molecule has 0 spiro atoms. The molecule has 0 fully saturated rings. The van der Waals surface area contributed by atoms with Crippen molar-refractivity contribution in [1.29, 1.82) is 0 Å². The number of thiophene rings is 1. The summed E-state index contributed by atoms with van der Waals surface area (Å²) >= 11 is 1.80. The minimum atomic E-state index is -0.211. The van der Waals surface area contributed by atoms with Crippen molar-refractivity contribution >= 4 is 21.4 Å². The van der Waals surface area contributed by atoms with E-state index in [0.717, 1.165) is 19.5 Å². The van der Waals surface area contributed by atoms with E-state index in [-0.39, 0.29) is 6.10 Å². The Morgan fingerprint density at radius 2 is 2.12 bits per heavy atom. The van der Waals surface area contributed by atoms with Crippen molar-refractivity contribution in [3.63, 3.8) is 0 Å². The fourth-order valence-electron chi connectivity index (χ4n) is 1.93. The number of aliphatic hydroxyl groups excluding tert-OH is 1. The van der Waals surface area contributed by atoms with Crippen LogP contribution >= 0.6 is 11.3 Å². The lowest BCUT2D eigenvalue weighted by molar-refractivity contribution is 0.163. The standard InChI is InChI=1S/C14H19NOS/c1-11(16)7-8-15(2)9-12-10-17-14-6-4-3-5-13(12)14/h3-6,10-11,16H,7-9H2,1-2H3. The van der Waals surface area contributed by atoms with Gasteiger partial charge in [-0.15, -0.1) is 11.3 Å². The molecule has 0 aliphatic heterocycles. The Bertz CT molecular complexity index is 478. The van der Waals surface area contributed by atoms with E-state index < -0.39 is 0 Å². The first kappa shape index (κ1) is 12.6. The summed E-state index contributed by atoms with van der Waals surface area (Å²) in [7, 11) is 2.11. The number of hydrogen-bond donors (Lipinski definition) is 1. The summed E-state index contributed by atoms with van der Waals surface area (Å²) in [6, 6.07) is 8.52. The van der Waals surface area contributed by atoms with Crippen LogP contribution in [0.1, 0.15) is 18.9 Å². The summed E-state index contributed by atoms with van der Waals surface area (Å²) in [5.41, 5.74) is 1.39. The maximum atomic E-state index is 9.27. The van der Waals surface area contributed by atoms with Crippen LogP contribution < -0.4 is 0 Å². The Morgan fingerprint density at radius 3 is 2.88 bits per heavy atom. The Kier molecular flexibility index (Phi) is 4.15. The topological polar surface area (TPSA) is 23.5 Å². The Hall–Kier alpha value is -0.900. The highest BCUT2D eigenvalue weighted by Crippen LogP contribution is 2.26. The molecular formula is C14H19NOS. The van der Waals surface area contributed by atoms with Crippen molar-refractivity contribution in [1.82, 2.24) is 4.90 Å². The second-order valence-electron chi connectivity index (χ2n) is 4.63. The van der Waals surface area contributed by atoms with Gasteiger partial charge in [0.05, 0.1) is 6.10 Å². The summed E-state index contributed by atoms with van der Waals surface area (Å²) in [5.74, 6) is 0. The molecule has 0 bridgehead atoms. The summed E-state index contributed by atoms with van der Waals surface area (Å²) in [4.78, 5) is 2.27. The van der Waals surface area contributed by atoms with Crippen molar-refractivity contribution in [3.8, 4) is 0 Å². The fourth-order valence-corrected chi connectivity index (χ4v) is 2.89. The molecule has 1 aromatic carbocycles. The third-order valence-corrected chi connectivity index (χ3v) is 3.94. The first-order chi connectivity index (χ1) is 8.16. The highest BCUT2D eigenvalue weighted by atomic mass is 32.1. The van der Waals surface area contributed by atoms with E-state index in [1.165, 1.54) is 15.6 Å². The van der Waals surface area contributed by atoms with Crippen LogP contribution in [0.3, 0.4) is 0 Å². The first-order valence-electron chi connectivity index (χ1n) is 5.98. The predicted octanol–water partition coefficient (Wildman–Crippen LogP) is 3.10. The Labute approximate surface area is 106 Å². The van der Waals surface area contributed by atoms with E-state index in [4.69, 9.17) is 0 Å². The van der Waals surface area contributed by atoms with Crippen LogP contribution in [0.4, 0.5) is 0 Å². The number of fused-ring (bicyclic) bond motifs is 1. The monoisotopic (exact) mass is 249 g/mol. The number of rotatable bonds is 5. The fraction of sp³-hybridized carbons (Fsp3) is 0.429. The average Bonchev–Trinajstić information content (AvgIpc) is 2.70. The molecule has 0 saturated carbocycles. The van der Waals surface area contributed by atoms with Gasteiger partial charge >= 0.3 is 0 Å². The van der Waals surface area contributed by atoms with Gasteiger partial charge in [0, 0.05) is 17.8 Å². The molecule has 1 atom stereocenters. The zero-order valence-corrected chi connectivity index (χ0v) is 11.2. The summed E-state index contributed by atoms with van der Waals surface area (Å²) in [6.07, 6.45) is 0.620. The molecule has 0 saturated heterocycles.